The minimum atomic E-state index is 0.483. The molecule has 2 heteroatoms. The van der Waals surface area contributed by atoms with Gasteiger partial charge in [-0.25, -0.2) is 4.99 Å². The molecule has 2 N–H and O–H groups in total. The van der Waals surface area contributed by atoms with Crippen molar-refractivity contribution in [1.29, 1.82) is 0 Å². The Balaban J connectivity index is 1.05. The molecule has 64 heavy (non-hydrogen) atoms. The molecule has 0 atom stereocenters. The zero-order valence-electron chi connectivity index (χ0n) is 35.2. The van der Waals surface area contributed by atoms with Crippen molar-refractivity contribution in [3.63, 3.8) is 0 Å². The molecule has 0 aliphatic carbocycles. The summed E-state index contributed by atoms with van der Waals surface area (Å²) in [5.74, 6) is 0.483. The smallest absolute Gasteiger partial charge is 0.131 e. The Morgan fingerprint density at radius 2 is 0.859 bits per heavy atom. The van der Waals surface area contributed by atoms with Crippen LogP contribution in [0.5, 0.6) is 0 Å². The first-order valence-corrected chi connectivity index (χ1v) is 22.1. The summed E-state index contributed by atoms with van der Waals surface area (Å²) >= 11 is 0. The van der Waals surface area contributed by atoms with Gasteiger partial charge in [0.25, 0.3) is 0 Å². The number of hydrogen-bond donors (Lipinski definition) is 1. The van der Waals surface area contributed by atoms with E-state index in [1.54, 1.807) is 0 Å². The third-order valence-corrected chi connectivity index (χ3v) is 13.1. The van der Waals surface area contributed by atoms with E-state index in [-0.39, 0.29) is 0 Å². The number of benzene rings is 12. The summed E-state index contributed by atoms with van der Waals surface area (Å²) in [6.07, 6.45) is 2.93. The van der Waals surface area contributed by atoms with Crippen molar-refractivity contribution in [3.05, 3.63) is 247 Å². The van der Waals surface area contributed by atoms with Gasteiger partial charge in [0.05, 0.1) is 5.70 Å². The van der Waals surface area contributed by atoms with E-state index in [0.717, 1.165) is 22.4 Å². The minimum Gasteiger partial charge on any atom is -0.383 e. The molecule has 0 fully saturated rings. The maximum Gasteiger partial charge on any atom is 0.131 e. The molecule has 300 valence electrons. The minimum absolute atomic E-state index is 0.483. The molecule has 12 rings (SSSR count). The van der Waals surface area contributed by atoms with Gasteiger partial charge in [0.1, 0.15) is 5.84 Å². The first-order chi connectivity index (χ1) is 31.7. The van der Waals surface area contributed by atoms with E-state index in [4.69, 9.17) is 10.7 Å². The predicted molar refractivity (Wildman–Crippen MR) is 275 cm³/mol. The van der Waals surface area contributed by atoms with E-state index in [0.29, 0.717) is 12.3 Å². The fourth-order valence-corrected chi connectivity index (χ4v) is 10.2. The lowest BCUT2D eigenvalue weighted by atomic mass is 9.84. The first-order valence-electron chi connectivity index (χ1n) is 22.1. The second kappa shape index (κ2) is 15.5. The van der Waals surface area contributed by atoms with E-state index < -0.39 is 0 Å². The number of hydrogen-bond acceptors (Lipinski definition) is 1. The highest BCUT2D eigenvalue weighted by Gasteiger charge is 2.19. The van der Waals surface area contributed by atoms with Crippen molar-refractivity contribution in [2.75, 3.05) is 0 Å². The monoisotopic (exact) mass is 814 g/mol. The van der Waals surface area contributed by atoms with Crippen LogP contribution in [0.2, 0.25) is 0 Å². The van der Waals surface area contributed by atoms with Gasteiger partial charge >= 0.3 is 0 Å². The topological polar surface area (TPSA) is 38.4 Å². The van der Waals surface area contributed by atoms with Gasteiger partial charge in [-0.05, 0) is 121 Å². The molecule has 0 radical (unpaired) electrons. The number of nitrogens with zero attached hydrogens (tertiary/aromatic N) is 1. The maximum atomic E-state index is 6.85. The molecule has 0 aliphatic rings. The van der Waals surface area contributed by atoms with Gasteiger partial charge in [0.2, 0.25) is 0 Å². The van der Waals surface area contributed by atoms with Crippen LogP contribution in [0, 0.1) is 0 Å². The molecule has 0 saturated carbocycles. The summed E-state index contributed by atoms with van der Waals surface area (Å²) in [7, 11) is 0. The molecule has 0 spiro atoms. The van der Waals surface area contributed by atoms with Crippen LogP contribution in [0.1, 0.15) is 16.7 Å². The predicted octanol–water partition coefficient (Wildman–Crippen LogP) is 16.1. The Hall–Kier alpha value is -8.33. The number of aliphatic imine (C=N–C) groups is 1. The standard InChI is InChI=1S/C62H42N2/c63-62(44-20-5-2-6-21-44)64-57(38-36-45-39-56-50-26-11-10-24-48(50)49-25-12-14-28-52(49)60(56)51-27-13-9-22-46(45)51)41-31-33-43(34-32-41)59-54-30-16-15-29-53(54)58(42-18-3-1-4-19-42)55-37-35-40-17-7-8-23-47(40)61(55)59/h1-35,37-39H,36H2,(H2,63,64)/b57-38-. The van der Waals surface area contributed by atoms with E-state index in [2.05, 4.69) is 200 Å². The Kier molecular flexibility index (Phi) is 9.09. The second-order valence-electron chi connectivity index (χ2n) is 16.7. The Morgan fingerprint density at radius 3 is 1.55 bits per heavy atom. The molecule has 0 aromatic heterocycles. The van der Waals surface area contributed by atoms with Gasteiger partial charge in [-0.15, -0.1) is 0 Å². The number of allylic oxidation sites excluding steroid dienone is 1. The average molecular weight is 815 g/mol. The molecule has 0 aliphatic heterocycles. The van der Waals surface area contributed by atoms with Crippen LogP contribution in [0.15, 0.2) is 236 Å². The molecular formula is C62H42N2. The fourth-order valence-electron chi connectivity index (χ4n) is 10.2. The summed E-state index contributed by atoms with van der Waals surface area (Å²) < 4.78 is 0. The number of amidine groups is 1. The van der Waals surface area contributed by atoms with E-state index in [1.807, 2.05) is 30.3 Å². The normalized spacial score (nSPS) is 12.4. The highest BCUT2D eigenvalue weighted by atomic mass is 14.9. The van der Waals surface area contributed by atoms with Crippen LogP contribution in [-0.2, 0) is 6.42 Å². The van der Waals surface area contributed by atoms with E-state index in [9.17, 15) is 0 Å². The molecule has 12 aromatic carbocycles. The molecular weight excluding hydrogens is 773 g/mol. The zero-order valence-corrected chi connectivity index (χ0v) is 35.2. The van der Waals surface area contributed by atoms with Crippen LogP contribution in [0.4, 0.5) is 0 Å². The zero-order chi connectivity index (χ0) is 42.6. The maximum absolute atomic E-state index is 6.85. The largest absolute Gasteiger partial charge is 0.383 e. The van der Waals surface area contributed by atoms with Crippen LogP contribution in [0.25, 0.3) is 103 Å². The van der Waals surface area contributed by atoms with Gasteiger partial charge < -0.3 is 5.73 Å². The lowest BCUT2D eigenvalue weighted by molar-refractivity contribution is 1.29. The van der Waals surface area contributed by atoms with Gasteiger partial charge in [0, 0.05) is 5.56 Å². The number of rotatable bonds is 7. The summed E-state index contributed by atoms with van der Waals surface area (Å²) in [5, 5.41) is 17.6. The van der Waals surface area contributed by atoms with E-state index >= 15 is 0 Å². The molecule has 0 saturated heterocycles. The average Bonchev–Trinajstić information content (AvgIpc) is 3.37. The Labute approximate surface area is 371 Å². The van der Waals surface area contributed by atoms with Crippen molar-refractivity contribution in [2.24, 2.45) is 10.7 Å². The summed E-state index contributed by atoms with van der Waals surface area (Å²) in [4.78, 5) is 5.21. The third-order valence-electron chi connectivity index (χ3n) is 13.1. The molecule has 2 nitrogen and oxygen atoms in total. The molecule has 0 amide bonds. The van der Waals surface area contributed by atoms with Crippen molar-refractivity contribution in [1.82, 2.24) is 0 Å². The highest BCUT2D eigenvalue weighted by Crippen LogP contribution is 2.46. The fraction of sp³-hybridized carbons (Fsp3) is 0.0161. The van der Waals surface area contributed by atoms with Crippen molar-refractivity contribution < 1.29 is 0 Å². The van der Waals surface area contributed by atoms with Crippen LogP contribution in [-0.4, -0.2) is 5.84 Å². The van der Waals surface area contributed by atoms with Crippen LogP contribution >= 0.6 is 0 Å². The molecule has 0 bridgehead atoms. The van der Waals surface area contributed by atoms with Crippen molar-refractivity contribution in [2.45, 2.75) is 6.42 Å². The summed E-state index contributed by atoms with van der Waals surface area (Å²) in [6.45, 7) is 0. The lowest BCUT2D eigenvalue weighted by Crippen LogP contribution is -2.13. The summed E-state index contributed by atoms with van der Waals surface area (Å²) in [5.41, 5.74) is 15.7. The molecule has 0 unspecified atom stereocenters. The first kappa shape index (κ1) is 37.4. The Bertz CT molecular complexity index is 3840. The van der Waals surface area contributed by atoms with Gasteiger partial charge in [-0.3, -0.25) is 0 Å². The quantitative estimate of drug-likeness (QED) is 0.0740. The SMILES string of the molecule is NC(=N/C(=C\Cc1cc2c3ccccc3c3ccccc3c2c2ccccc12)c1ccc(-c2c3ccccc3c(-c3ccccc3)c3ccc4ccccc4c23)cc1)c1ccccc1. The Morgan fingerprint density at radius 1 is 0.359 bits per heavy atom. The van der Waals surface area contributed by atoms with Crippen molar-refractivity contribution in [3.8, 4) is 22.3 Å². The van der Waals surface area contributed by atoms with Gasteiger partial charge in [0.15, 0.2) is 0 Å². The third kappa shape index (κ3) is 6.22. The summed E-state index contributed by atoms with van der Waals surface area (Å²) in [6, 6.07) is 81.0. The number of fused-ring (bicyclic) bond motifs is 12. The lowest BCUT2D eigenvalue weighted by Gasteiger charge is -2.19. The van der Waals surface area contributed by atoms with Gasteiger partial charge in [-0.2, -0.15) is 0 Å². The van der Waals surface area contributed by atoms with Crippen LogP contribution in [0.3, 0.4) is 0 Å². The molecule has 12 aromatic rings. The van der Waals surface area contributed by atoms with E-state index in [1.165, 1.54) is 97.7 Å². The second-order valence-corrected chi connectivity index (χ2v) is 16.7. The molecule has 0 heterocycles. The highest BCUT2D eigenvalue weighted by molar-refractivity contribution is 6.32. The number of nitrogens with two attached hydrogens (primary N) is 1. The van der Waals surface area contributed by atoms with Gasteiger partial charge in [-0.1, -0.05) is 224 Å². The van der Waals surface area contributed by atoms with Crippen molar-refractivity contribution >= 4 is 86.9 Å². The van der Waals surface area contributed by atoms with Crippen LogP contribution < -0.4 is 5.73 Å².